The van der Waals surface area contributed by atoms with Crippen molar-refractivity contribution >= 4 is 0 Å². The predicted octanol–water partition coefficient (Wildman–Crippen LogP) is 14.8. The van der Waals surface area contributed by atoms with E-state index in [4.69, 9.17) is 0 Å². The lowest BCUT2D eigenvalue weighted by atomic mass is 10.1. The van der Waals surface area contributed by atoms with E-state index in [0.29, 0.717) is 0 Å². The lowest BCUT2D eigenvalue weighted by Crippen LogP contribution is -1.85. The van der Waals surface area contributed by atoms with E-state index in [1.54, 1.807) is 0 Å². The molecule has 0 fully saturated rings. The van der Waals surface area contributed by atoms with E-state index >= 15 is 0 Å². The molecule has 0 unspecified atom stereocenters. The molecular weight excluding hydrogens is 492 g/mol. The fourth-order valence-electron chi connectivity index (χ4n) is 2.69. The minimum Gasteiger partial charge on any atom is -0.0683 e. The van der Waals surface area contributed by atoms with Crippen LogP contribution in [0.15, 0.2) is 121 Å². The zero-order valence-corrected chi connectivity index (χ0v) is 30.3. The van der Waals surface area contributed by atoms with Crippen LogP contribution in [-0.4, -0.2) is 0 Å². The summed E-state index contributed by atoms with van der Waals surface area (Å²) in [5.74, 6) is 0. The zero-order chi connectivity index (χ0) is 33.2. The Morgan fingerprint density at radius 2 is 0.415 bits per heavy atom. The first-order valence-corrected chi connectivity index (χ1v) is 16.6. The molecule has 0 N–H and O–H groups in total. The van der Waals surface area contributed by atoms with Gasteiger partial charge in [0.25, 0.3) is 0 Å². The highest BCUT2D eigenvalue weighted by Crippen LogP contribution is 2.17. The van der Waals surface area contributed by atoms with Gasteiger partial charge < -0.3 is 0 Å². The maximum absolute atomic E-state index is 2.16. The van der Waals surface area contributed by atoms with E-state index in [2.05, 4.69) is 109 Å². The second-order valence-electron chi connectivity index (χ2n) is 5.88. The maximum Gasteiger partial charge on any atom is -0.00258 e. The van der Waals surface area contributed by atoms with Crippen LogP contribution in [0.2, 0.25) is 0 Å². The van der Waals surface area contributed by atoms with Gasteiger partial charge in [-0.25, -0.2) is 0 Å². The molecule has 4 aromatic carbocycles. The highest BCUT2D eigenvalue weighted by molar-refractivity contribution is 5.62. The maximum atomic E-state index is 2.16. The second-order valence-corrected chi connectivity index (χ2v) is 5.88. The largest absolute Gasteiger partial charge is 0.0683 e. The Balaban J connectivity index is -0.000000101. The van der Waals surface area contributed by atoms with E-state index in [1.165, 1.54) is 22.3 Å². The quantitative estimate of drug-likeness (QED) is 0.233. The summed E-state index contributed by atoms with van der Waals surface area (Å²) in [5, 5.41) is 0. The van der Waals surface area contributed by atoms with Crippen molar-refractivity contribution < 1.29 is 0 Å². The van der Waals surface area contributed by atoms with Crippen molar-refractivity contribution in [3.8, 4) is 11.1 Å². The van der Waals surface area contributed by atoms with Crippen molar-refractivity contribution in [3.05, 3.63) is 132 Å². The Morgan fingerprint density at radius 3 is 0.610 bits per heavy atom. The molecule has 0 aliphatic rings. The van der Waals surface area contributed by atoms with Crippen LogP contribution >= 0.6 is 0 Å². The smallest absolute Gasteiger partial charge is 0.00258 e. The first kappa shape index (κ1) is 50.7. The summed E-state index contributed by atoms with van der Waals surface area (Å²) < 4.78 is 0. The van der Waals surface area contributed by atoms with Gasteiger partial charge in [0.1, 0.15) is 0 Å². The summed E-state index contributed by atoms with van der Waals surface area (Å²) in [4.78, 5) is 0. The van der Waals surface area contributed by atoms with Crippen molar-refractivity contribution in [2.75, 3.05) is 0 Å². The average molecular weight is 563 g/mol. The molecule has 0 spiro atoms. The molecule has 0 radical (unpaired) electrons. The van der Waals surface area contributed by atoms with E-state index in [1.807, 2.05) is 123 Å². The molecule has 234 valence electrons. The van der Waals surface area contributed by atoms with Crippen molar-refractivity contribution in [2.45, 2.75) is 117 Å². The van der Waals surface area contributed by atoms with Crippen molar-refractivity contribution in [1.82, 2.24) is 0 Å². The van der Waals surface area contributed by atoms with E-state index in [-0.39, 0.29) is 0 Å². The Morgan fingerprint density at radius 1 is 0.244 bits per heavy atom. The van der Waals surface area contributed by atoms with Gasteiger partial charge in [-0.2, -0.15) is 0 Å². The third kappa shape index (κ3) is 33.0. The molecule has 0 aromatic heterocycles. The summed E-state index contributed by atoms with van der Waals surface area (Å²) in [5.41, 5.74) is 5.29. The molecule has 0 amide bonds. The van der Waals surface area contributed by atoms with Crippen molar-refractivity contribution in [1.29, 1.82) is 0 Å². The molecule has 0 heterocycles. The zero-order valence-electron chi connectivity index (χ0n) is 30.3. The number of hydrogen-bond acceptors (Lipinski definition) is 0. The van der Waals surface area contributed by atoms with Gasteiger partial charge in [0, 0.05) is 0 Å². The van der Waals surface area contributed by atoms with Gasteiger partial charge in [0.2, 0.25) is 0 Å². The second kappa shape index (κ2) is 53.2. The molecule has 0 atom stereocenters. The summed E-state index contributed by atoms with van der Waals surface area (Å²) in [7, 11) is 0. The Hall–Kier alpha value is -3.12. The van der Waals surface area contributed by atoms with Gasteiger partial charge in [0.05, 0.1) is 0 Å². The van der Waals surface area contributed by atoms with Gasteiger partial charge in [0.15, 0.2) is 0 Å². The molecule has 0 nitrogen and oxygen atoms in total. The SMILES string of the molecule is CC.CC.CC.CC.CC.CC.CC.CC.c1ccc(-c2ccccc2)cc1.c1ccc(Cc2ccccc2)cc1. The first-order chi connectivity index (χ1) is 20.4. The van der Waals surface area contributed by atoms with Crippen LogP contribution in [0.25, 0.3) is 11.1 Å². The summed E-state index contributed by atoms with van der Waals surface area (Å²) >= 11 is 0. The van der Waals surface area contributed by atoms with Gasteiger partial charge in [-0.15, -0.1) is 0 Å². The van der Waals surface area contributed by atoms with Crippen LogP contribution in [0.5, 0.6) is 0 Å². The number of rotatable bonds is 3. The molecule has 0 saturated carbocycles. The first-order valence-electron chi connectivity index (χ1n) is 16.6. The molecular formula is C41H70. The standard InChI is InChI=1S/C13H12.C12H10.8C2H6/c1-3-7-12(8-4-1)11-13-9-5-2-6-10-13;1-3-7-11(8-4-1)12-9-5-2-6-10-12;8*1-2/h1-10H,11H2;1-10H;8*1-2H3. The fraction of sp³-hybridized carbons (Fsp3) is 0.415. The third-order valence-electron chi connectivity index (χ3n) is 3.97. The molecule has 41 heavy (non-hydrogen) atoms. The van der Waals surface area contributed by atoms with E-state index in [0.717, 1.165) is 6.42 Å². The van der Waals surface area contributed by atoms with E-state index in [9.17, 15) is 0 Å². The molecule has 4 aromatic rings. The van der Waals surface area contributed by atoms with Crippen LogP contribution in [0.3, 0.4) is 0 Å². The van der Waals surface area contributed by atoms with Gasteiger partial charge >= 0.3 is 0 Å². The monoisotopic (exact) mass is 563 g/mol. The van der Waals surface area contributed by atoms with Crippen LogP contribution < -0.4 is 0 Å². The van der Waals surface area contributed by atoms with Gasteiger partial charge in [-0.05, 0) is 28.7 Å². The Kier molecular flexibility index (Phi) is 65.8. The lowest BCUT2D eigenvalue weighted by molar-refractivity contribution is 1.19. The Labute approximate surface area is 260 Å². The molecule has 0 bridgehead atoms. The third-order valence-corrected chi connectivity index (χ3v) is 3.97. The lowest BCUT2D eigenvalue weighted by Gasteiger charge is -2.00. The van der Waals surface area contributed by atoms with Crippen LogP contribution in [0.1, 0.15) is 122 Å². The number of benzene rings is 4. The summed E-state index contributed by atoms with van der Waals surface area (Å²) in [6.07, 6.45) is 1.03. The normalized spacial score (nSPS) is 7.12. The van der Waals surface area contributed by atoms with Crippen molar-refractivity contribution in [2.24, 2.45) is 0 Å². The topological polar surface area (TPSA) is 0 Å². The molecule has 0 heteroatoms. The van der Waals surface area contributed by atoms with Crippen molar-refractivity contribution in [3.63, 3.8) is 0 Å². The molecule has 0 aliphatic heterocycles. The summed E-state index contributed by atoms with van der Waals surface area (Å²) in [6, 6.07) is 41.8. The Bertz CT molecular complexity index is 760. The summed E-state index contributed by atoms with van der Waals surface area (Å²) in [6.45, 7) is 32.0. The molecule has 4 rings (SSSR count). The highest BCUT2D eigenvalue weighted by atomic mass is 14.0. The average Bonchev–Trinajstić information content (AvgIpc) is 3.14. The number of hydrogen-bond donors (Lipinski definition) is 0. The fourth-order valence-corrected chi connectivity index (χ4v) is 2.69. The molecule has 0 aliphatic carbocycles. The molecule has 0 saturated heterocycles. The van der Waals surface area contributed by atoms with E-state index < -0.39 is 0 Å². The predicted molar refractivity (Wildman–Crippen MR) is 198 cm³/mol. The minimum atomic E-state index is 1.03. The van der Waals surface area contributed by atoms with Crippen LogP contribution in [-0.2, 0) is 6.42 Å². The van der Waals surface area contributed by atoms with Gasteiger partial charge in [-0.1, -0.05) is 232 Å². The van der Waals surface area contributed by atoms with Gasteiger partial charge in [-0.3, -0.25) is 0 Å². The highest BCUT2D eigenvalue weighted by Gasteiger charge is 1.93. The van der Waals surface area contributed by atoms with Crippen LogP contribution in [0.4, 0.5) is 0 Å². The van der Waals surface area contributed by atoms with Crippen LogP contribution in [0, 0.1) is 0 Å². The minimum absolute atomic E-state index is 1.03.